The molecule has 6 heteroatoms. The highest BCUT2D eigenvalue weighted by Gasteiger charge is 2.20. The molecule has 128 valence electrons. The Balaban J connectivity index is 1.93. The number of aromatic nitrogens is 1. The Bertz CT molecular complexity index is 715. The number of benzene rings is 1. The Morgan fingerprint density at radius 2 is 1.83 bits per heavy atom. The Morgan fingerprint density at radius 3 is 2.42 bits per heavy atom. The normalized spacial score (nSPS) is 11.2. The summed E-state index contributed by atoms with van der Waals surface area (Å²) in [5, 5.41) is 8.67. The molecule has 0 saturated heterocycles. The SMILES string of the molecule is CC(=O)Nc1ccc(-c2csc(CCNC(=O)C(C)(C)C)n2)cc1. The van der Waals surface area contributed by atoms with Gasteiger partial charge in [-0.15, -0.1) is 11.3 Å². The van der Waals surface area contributed by atoms with Crippen molar-refractivity contribution in [1.82, 2.24) is 10.3 Å². The van der Waals surface area contributed by atoms with Crippen molar-refractivity contribution in [2.75, 3.05) is 11.9 Å². The molecule has 0 fully saturated rings. The van der Waals surface area contributed by atoms with Crippen LogP contribution in [0.3, 0.4) is 0 Å². The van der Waals surface area contributed by atoms with E-state index in [1.807, 2.05) is 50.4 Å². The molecule has 1 heterocycles. The van der Waals surface area contributed by atoms with E-state index < -0.39 is 0 Å². The molecule has 1 aromatic heterocycles. The molecule has 1 aromatic carbocycles. The van der Waals surface area contributed by atoms with Crippen LogP contribution in [-0.4, -0.2) is 23.3 Å². The highest BCUT2D eigenvalue weighted by atomic mass is 32.1. The van der Waals surface area contributed by atoms with Gasteiger partial charge in [0.15, 0.2) is 0 Å². The minimum Gasteiger partial charge on any atom is -0.355 e. The van der Waals surface area contributed by atoms with Crippen LogP contribution >= 0.6 is 11.3 Å². The van der Waals surface area contributed by atoms with Gasteiger partial charge >= 0.3 is 0 Å². The van der Waals surface area contributed by atoms with Crippen LogP contribution in [-0.2, 0) is 16.0 Å². The Labute approximate surface area is 146 Å². The molecular weight excluding hydrogens is 322 g/mol. The van der Waals surface area contributed by atoms with Crippen LogP contribution < -0.4 is 10.6 Å². The van der Waals surface area contributed by atoms with Crippen LogP contribution in [0.15, 0.2) is 29.6 Å². The number of hydrogen-bond acceptors (Lipinski definition) is 4. The molecule has 0 saturated carbocycles. The van der Waals surface area contributed by atoms with Gasteiger partial charge in [0, 0.05) is 41.9 Å². The lowest BCUT2D eigenvalue weighted by Crippen LogP contribution is -2.35. The topological polar surface area (TPSA) is 71.1 Å². The van der Waals surface area contributed by atoms with Crippen molar-refractivity contribution in [2.45, 2.75) is 34.1 Å². The van der Waals surface area contributed by atoms with E-state index in [0.29, 0.717) is 6.54 Å². The number of rotatable bonds is 5. The van der Waals surface area contributed by atoms with Gasteiger partial charge in [0.2, 0.25) is 11.8 Å². The number of carbonyl (C=O) groups excluding carboxylic acids is 2. The van der Waals surface area contributed by atoms with E-state index in [9.17, 15) is 9.59 Å². The van der Waals surface area contributed by atoms with Crippen molar-refractivity contribution in [3.8, 4) is 11.3 Å². The van der Waals surface area contributed by atoms with Crippen molar-refractivity contribution < 1.29 is 9.59 Å². The highest BCUT2D eigenvalue weighted by Crippen LogP contribution is 2.23. The first-order chi connectivity index (χ1) is 11.3. The minimum absolute atomic E-state index is 0.0489. The quantitative estimate of drug-likeness (QED) is 0.871. The fourth-order valence-corrected chi connectivity index (χ4v) is 2.84. The van der Waals surface area contributed by atoms with E-state index in [4.69, 9.17) is 0 Å². The molecule has 0 radical (unpaired) electrons. The zero-order valence-corrected chi connectivity index (χ0v) is 15.3. The fourth-order valence-electron chi connectivity index (χ4n) is 2.03. The first-order valence-corrected chi connectivity index (χ1v) is 8.74. The molecule has 0 aliphatic heterocycles. The summed E-state index contributed by atoms with van der Waals surface area (Å²) in [7, 11) is 0. The average Bonchev–Trinajstić information content (AvgIpc) is 2.95. The maximum absolute atomic E-state index is 11.8. The summed E-state index contributed by atoms with van der Waals surface area (Å²) in [6.45, 7) is 7.76. The first kappa shape index (κ1) is 18.1. The van der Waals surface area contributed by atoms with Gasteiger partial charge in [-0.25, -0.2) is 4.98 Å². The van der Waals surface area contributed by atoms with Crippen LogP contribution in [0, 0.1) is 5.41 Å². The van der Waals surface area contributed by atoms with Gasteiger partial charge in [-0.2, -0.15) is 0 Å². The van der Waals surface area contributed by atoms with Crippen LogP contribution in [0.4, 0.5) is 5.69 Å². The number of anilines is 1. The second kappa shape index (κ2) is 7.57. The zero-order chi connectivity index (χ0) is 17.7. The summed E-state index contributed by atoms with van der Waals surface area (Å²) in [5.74, 6) is -0.0381. The molecule has 2 rings (SSSR count). The third-order valence-electron chi connectivity index (χ3n) is 3.36. The summed E-state index contributed by atoms with van der Waals surface area (Å²) in [6.07, 6.45) is 0.719. The number of nitrogens with one attached hydrogen (secondary N) is 2. The predicted octanol–water partition coefficient (Wildman–Crippen LogP) is 3.47. The predicted molar refractivity (Wildman–Crippen MR) is 98.0 cm³/mol. The maximum atomic E-state index is 11.8. The molecule has 0 aliphatic carbocycles. The number of amides is 2. The van der Waals surface area contributed by atoms with E-state index in [1.54, 1.807) is 11.3 Å². The molecule has 5 nitrogen and oxygen atoms in total. The van der Waals surface area contributed by atoms with E-state index in [2.05, 4.69) is 15.6 Å². The lowest BCUT2D eigenvalue weighted by Gasteiger charge is -2.17. The number of hydrogen-bond donors (Lipinski definition) is 2. The monoisotopic (exact) mass is 345 g/mol. The van der Waals surface area contributed by atoms with Gasteiger partial charge in [0.05, 0.1) is 10.7 Å². The van der Waals surface area contributed by atoms with Crippen LogP contribution in [0.25, 0.3) is 11.3 Å². The minimum atomic E-state index is -0.371. The first-order valence-electron chi connectivity index (χ1n) is 7.86. The molecular formula is C18H23N3O2S. The number of nitrogens with zero attached hydrogens (tertiary/aromatic N) is 1. The third-order valence-corrected chi connectivity index (χ3v) is 4.27. The second-order valence-electron chi connectivity index (χ2n) is 6.64. The van der Waals surface area contributed by atoms with E-state index in [-0.39, 0.29) is 17.2 Å². The fraction of sp³-hybridized carbons (Fsp3) is 0.389. The zero-order valence-electron chi connectivity index (χ0n) is 14.5. The van der Waals surface area contributed by atoms with Crippen LogP contribution in [0.1, 0.15) is 32.7 Å². The lowest BCUT2D eigenvalue weighted by atomic mass is 9.96. The summed E-state index contributed by atoms with van der Waals surface area (Å²) >= 11 is 1.59. The molecule has 0 bridgehead atoms. The largest absolute Gasteiger partial charge is 0.355 e. The van der Waals surface area contributed by atoms with E-state index >= 15 is 0 Å². The van der Waals surface area contributed by atoms with E-state index in [0.717, 1.165) is 28.4 Å². The Hall–Kier alpha value is -2.21. The molecule has 0 spiro atoms. The van der Waals surface area contributed by atoms with Gasteiger partial charge in [-0.05, 0) is 12.1 Å². The average molecular weight is 345 g/mol. The highest BCUT2D eigenvalue weighted by molar-refractivity contribution is 7.09. The standard InChI is InChI=1S/C18H23N3O2S/c1-12(22)20-14-7-5-13(6-8-14)15-11-24-16(21-15)9-10-19-17(23)18(2,3)4/h5-8,11H,9-10H2,1-4H3,(H,19,23)(H,20,22). The summed E-state index contributed by atoms with van der Waals surface area (Å²) in [6, 6.07) is 7.59. The smallest absolute Gasteiger partial charge is 0.225 e. The number of thiazole rings is 1. The van der Waals surface area contributed by atoms with Crippen LogP contribution in [0.5, 0.6) is 0 Å². The summed E-state index contributed by atoms with van der Waals surface area (Å²) in [5.41, 5.74) is 2.31. The molecule has 0 unspecified atom stereocenters. The maximum Gasteiger partial charge on any atom is 0.225 e. The Kier molecular flexibility index (Phi) is 5.72. The number of carbonyl (C=O) groups is 2. The molecule has 2 amide bonds. The van der Waals surface area contributed by atoms with Gasteiger partial charge in [-0.1, -0.05) is 32.9 Å². The van der Waals surface area contributed by atoms with Crippen molar-refractivity contribution in [3.63, 3.8) is 0 Å². The summed E-state index contributed by atoms with van der Waals surface area (Å²) in [4.78, 5) is 27.5. The van der Waals surface area contributed by atoms with Crippen molar-refractivity contribution >= 4 is 28.8 Å². The summed E-state index contributed by atoms with van der Waals surface area (Å²) < 4.78 is 0. The van der Waals surface area contributed by atoms with Crippen molar-refractivity contribution in [3.05, 3.63) is 34.7 Å². The Morgan fingerprint density at radius 1 is 1.17 bits per heavy atom. The van der Waals surface area contributed by atoms with Gasteiger partial charge in [0.1, 0.15) is 0 Å². The van der Waals surface area contributed by atoms with Crippen LogP contribution in [0.2, 0.25) is 0 Å². The van der Waals surface area contributed by atoms with Crippen molar-refractivity contribution in [2.24, 2.45) is 5.41 Å². The molecule has 0 aliphatic rings. The molecule has 2 aromatic rings. The van der Waals surface area contributed by atoms with Gasteiger partial charge in [-0.3, -0.25) is 9.59 Å². The molecule has 0 atom stereocenters. The van der Waals surface area contributed by atoms with Gasteiger partial charge in [0.25, 0.3) is 0 Å². The third kappa shape index (κ3) is 5.16. The molecule has 24 heavy (non-hydrogen) atoms. The second-order valence-corrected chi connectivity index (χ2v) is 7.58. The van der Waals surface area contributed by atoms with Gasteiger partial charge < -0.3 is 10.6 Å². The lowest BCUT2D eigenvalue weighted by molar-refractivity contribution is -0.128. The molecule has 2 N–H and O–H groups in total. The van der Waals surface area contributed by atoms with Crippen molar-refractivity contribution in [1.29, 1.82) is 0 Å². The van der Waals surface area contributed by atoms with E-state index in [1.165, 1.54) is 6.92 Å².